The van der Waals surface area contributed by atoms with Crippen LogP contribution in [0, 0.1) is 0 Å². The molecule has 0 aliphatic carbocycles. The molecule has 0 radical (unpaired) electrons. The van der Waals surface area contributed by atoms with E-state index in [0.29, 0.717) is 11.4 Å². The number of hydrogen-bond acceptors (Lipinski definition) is 3. The van der Waals surface area contributed by atoms with Crippen molar-refractivity contribution in [2.24, 2.45) is 0 Å². The number of carbonyl (C=O) groups excluding carboxylic acids is 1. The van der Waals surface area contributed by atoms with Crippen LogP contribution in [0.5, 0.6) is 0 Å². The molecule has 0 spiro atoms. The maximum Gasteiger partial charge on any atom is 0.264 e. The lowest BCUT2D eigenvalue weighted by molar-refractivity contribution is -0.116. The fourth-order valence-electron chi connectivity index (χ4n) is 4.08. The first-order valence-corrected chi connectivity index (χ1v) is 10.4. The van der Waals surface area contributed by atoms with Crippen molar-refractivity contribution in [1.29, 1.82) is 0 Å². The molecular formula is C20H22N2O3S. The van der Waals surface area contributed by atoms with Gasteiger partial charge in [0.25, 0.3) is 10.0 Å². The molecule has 1 amide bonds. The Hall–Kier alpha value is -2.34. The first-order chi connectivity index (χ1) is 12.4. The Bertz CT molecular complexity index is 984. The number of fused-ring (bicyclic) bond motifs is 2. The Morgan fingerprint density at radius 1 is 1.08 bits per heavy atom. The summed E-state index contributed by atoms with van der Waals surface area (Å²) in [5.74, 6) is -0.0105. The number of rotatable bonds is 2. The van der Waals surface area contributed by atoms with Gasteiger partial charge in [0.1, 0.15) is 0 Å². The summed E-state index contributed by atoms with van der Waals surface area (Å²) in [6, 6.07) is 12.7. The van der Waals surface area contributed by atoms with Crippen molar-refractivity contribution in [3.63, 3.8) is 0 Å². The molecule has 1 unspecified atom stereocenters. The third-order valence-electron chi connectivity index (χ3n) is 5.25. The van der Waals surface area contributed by atoms with Crippen LogP contribution in [-0.4, -0.2) is 26.9 Å². The average molecular weight is 370 g/mol. The first-order valence-electron chi connectivity index (χ1n) is 8.93. The van der Waals surface area contributed by atoms with E-state index in [1.807, 2.05) is 31.2 Å². The lowest BCUT2D eigenvalue weighted by Crippen LogP contribution is -2.36. The van der Waals surface area contributed by atoms with Crippen molar-refractivity contribution in [1.82, 2.24) is 0 Å². The summed E-state index contributed by atoms with van der Waals surface area (Å²) < 4.78 is 28.2. The third kappa shape index (κ3) is 2.60. The van der Waals surface area contributed by atoms with E-state index in [2.05, 4.69) is 0 Å². The number of hydrogen-bond donors (Lipinski definition) is 0. The average Bonchev–Trinajstić information content (AvgIpc) is 2.96. The van der Waals surface area contributed by atoms with E-state index >= 15 is 0 Å². The van der Waals surface area contributed by atoms with Gasteiger partial charge in [-0.15, -0.1) is 0 Å². The summed E-state index contributed by atoms with van der Waals surface area (Å²) >= 11 is 0. The molecule has 0 N–H and O–H groups in total. The molecule has 2 heterocycles. The molecule has 2 aliphatic heterocycles. The van der Waals surface area contributed by atoms with Crippen LogP contribution in [0.2, 0.25) is 0 Å². The molecule has 0 saturated heterocycles. The summed E-state index contributed by atoms with van der Waals surface area (Å²) in [6.07, 6.45) is 2.35. The molecule has 0 fully saturated rings. The fraction of sp³-hybridized carbons (Fsp3) is 0.350. The van der Waals surface area contributed by atoms with Crippen LogP contribution in [0.4, 0.5) is 11.4 Å². The van der Waals surface area contributed by atoms with Crippen LogP contribution >= 0.6 is 0 Å². The Morgan fingerprint density at radius 3 is 2.62 bits per heavy atom. The number of anilines is 2. The molecule has 26 heavy (non-hydrogen) atoms. The highest BCUT2D eigenvalue weighted by Gasteiger charge is 2.36. The van der Waals surface area contributed by atoms with E-state index in [0.717, 1.165) is 41.8 Å². The maximum absolute atomic E-state index is 13.4. The van der Waals surface area contributed by atoms with E-state index in [1.54, 1.807) is 30.0 Å². The summed E-state index contributed by atoms with van der Waals surface area (Å²) in [5, 5.41) is 0. The quantitative estimate of drug-likeness (QED) is 0.816. The van der Waals surface area contributed by atoms with Crippen molar-refractivity contribution in [2.75, 3.05) is 15.7 Å². The van der Waals surface area contributed by atoms with Gasteiger partial charge in [0.2, 0.25) is 5.91 Å². The zero-order valence-electron chi connectivity index (χ0n) is 15.0. The van der Waals surface area contributed by atoms with E-state index in [-0.39, 0.29) is 11.9 Å². The predicted octanol–water partition coefficient (Wildman–Crippen LogP) is 3.13. The van der Waals surface area contributed by atoms with E-state index in [1.165, 1.54) is 4.31 Å². The van der Waals surface area contributed by atoms with Gasteiger partial charge in [-0.05, 0) is 61.6 Å². The number of carbonyl (C=O) groups is 1. The van der Waals surface area contributed by atoms with Gasteiger partial charge >= 0.3 is 0 Å². The highest BCUT2D eigenvalue weighted by Crippen LogP contribution is 2.38. The summed E-state index contributed by atoms with van der Waals surface area (Å²) in [6.45, 7) is 4.17. The SMILES string of the molecule is CC(=O)N1CCCc2cc(S(=O)(=O)N3c4ccccc4CC3C)ccc21. The second-order valence-corrected chi connectivity index (χ2v) is 8.86. The Labute approximate surface area is 154 Å². The largest absolute Gasteiger partial charge is 0.312 e. The molecule has 5 nitrogen and oxygen atoms in total. The Morgan fingerprint density at radius 2 is 1.85 bits per heavy atom. The summed E-state index contributed by atoms with van der Waals surface area (Å²) in [5.41, 5.74) is 3.58. The Kier molecular flexibility index (Phi) is 4.03. The van der Waals surface area contributed by atoms with Gasteiger partial charge < -0.3 is 4.90 Å². The molecule has 2 aromatic rings. The number of amides is 1. The second kappa shape index (κ2) is 6.13. The molecule has 2 aromatic carbocycles. The standard InChI is InChI=1S/C20H22N2O3S/c1-14-12-16-6-3-4-8-20(16)22(14)26(24,25)18-9-10-19-17(13-18)7-5-11-21(19)15(2)23/h3-4,6,8-10,13-14H,5,7,11-12H2,1-2H3. The highest BCUT2D eigenvalue weighted by atomic mass is 32.2. The van der Waals surface area contributed by atoms with Gasteiger partial charge in [0, 0.05) is 25.2 Å². The number of sulfonamides is 1. The van der Waals surface area contributed by atoms with Crippen LogP contribution in [-0.2, 0) is 27.7 Å². The van der Waals surface area contributed by atoms with Crippen LogP contribution in [0.3, 0.4) is 0 Å². The summed E-state index contributed by atoms with van der Waals surface area (Å²) in [7, 11) is -3.64. The second-order valence-electron chi connectivity index (χ2n) is 7.05. The third-order valence-corrected chi connectivity index (χ3v) is 7.18. The van der Waals surface area contributed by atoms with Gasteiger partial charge in [-0.3, -0.25) is 9.10 Å². The van der Waals surface area contributed by atoms with E-state index in [9.17, 15) is 13.2 Å². The molecule has 0 saturated carbocycles. The smallest absolute Gasteiger partial charge is 0.264 e. The maximum atomic E-state index is 13.4. The van der Waals surface area contributed by atoms with Crippen molar-refractivity contribution < 1.29 is 13.2 Å². The zero-order valence-corrected chi connectivity index (χ0v) is 15.8. The minimum Gasteiger partial charge on any atom is -0.312 e. The molecule has 136 valence electrons. The zero-order chi connectivity index (χ0) is 18.5. The lowest BCUT2D eigenvalue weighted by atomic mass is 10.0. The minimum atomic E-state index is -3.64. The van der Waals surface area contributed by atoms with Gasteiger partial charge in [-0.25, -0.2) is 8.42 Å². The normalized spacial score (nSPS) is 19.2. The van der Waals surface area contributed by atoms with Gasteiger partial charge in [0.05, 0.1) is 10.6 Å². The van der Waals surface area contributed by atoms with E-state index < -0.39 is 10.0 Å². The highest BCUT2D eigenvalue weighted by molar-refractivity contribution is 7.92. The molecule has 1 atom stereocenters. The topological polar surface area (TPSA) is 57.7 Å². The van der Waals surface area contributed by atoms with Gasteiger partial charge in [0.15, 0.2) is 0 Å². The number of para-hydroxylation sites is 1. The lowest BCUT2D eigenvalue weighted by Gasteiger charge is -2.30. The van der Waals surface area contributed by atoms with Crippen LogP contribution < -0.4 is 9.21 Å². The molecule has 0 bridgehead atoms. The predicted molar refractivity (Wildman–Crippen MR) is 102 cm³/mol. The van der Waals surface area contributed by atoms with Crippen LogP contribution in [0.25, 0.3) is 0 Å². The van der Waals surface area contributed by atoms with E-state index in [4.69, 9.17) is 0 Å². The Balaban J connectivity index is 1.77. The molecule has 0 aromatic heterocycles. The van der Waals surface area contributed by atoms with Crippen molar-refractivity contribution >= 4 is 27.3 Å². The van der Waals surface area contributed by atoms with Crippen molar-refractivity contribution in [3.8, 4) is 0 Å². The van der Waals surface area contributed by atoms with Crippen molar-refractivity contribution in [2.45, 2.75) is 44.0 Å². The monoisotopic (exact) mass is 370 g/mol. The molecule has 6 heteroatoms. The fourth-order valence-corrected chi connectivity index (χ4v) is 5.82. The number of benzene rings is 2. The van der Waals surface area contributed by atoms with Crippen LogP contribution in [0.1, 0.15) is 31.4 Å². The van der Waals surface area contributed by atoms with Gasteiger partial charge in [-0.2, -0.15) is 0 Å². The number of aryl methyl sites for hydroxylation is 1. The first kappa shape index (κ1) is 17.1. The molecule has 2 aliphatic rings. The van der Waals surface area contributed by atoms with Crippen molar-refractivity contribution in [3.05, 3.63) is 53.6 Å². The van der Waals surface area contributed by atoms with Gasteiger partial charge in [-0.1, -0.05) is 18.2 Å². The summed E-state index contributed by atoms with van der Waals surface area (Å²) in [4.78, 5) is 13.9. The number of nitrogens with zero attached hydrogens (tertiary/aromatic N) is 2. The minimum absolute atomic E-state index is 0.0105. The van der Waals surface area contributed by atoms with Crippen LogP contribution in [0.15, 0.2) is 47.4 Å². The molecule has 4 rings (SSSR count). The molecular weight excluding hydrogens is 348 g/mol.